The van der Waals surface area contributed by atoms with E-state index in [2.05, 4.69) is 31.0 Å². The molecule has 106 valence electrons. The van der Waals surface area contributed by atoms with Crippen LogP contribution in [-0.2, 0) is 0 Å². The van der Waals surface area contributed by atoms with Crippen LogP contribution >= 0.6 is 11.6 Å². The Morgan fingerprint density at radius 3 is 2.84 bits per heavy atom. The number of anilines is 1. The van der Waals surface area contributed by atoms with Gasteiger partial charge in [0.15, 0.2) is 0 Å². The molecular weight excluding hydrogens is 263 g/mol. The van der Waals surface area contributed by atoms with E-state index in [9.17, 15) is 4.39 Å². The fourth-order valence-electron chi connectivity index (χ4n) is 2.40. The molecule has 1 atom stereocenters. The summed E-state index contributed by atoms with van der Waals surface area (Å²) in [6, 6.07) is 4.75. The lowest BCUT2D eigenvalue weighted by molar-refractivity contribution is 0.383. The quantitative estimate of drug-likeness (QED) is 0.911. The zero-order chi connectivity index (χ0) is 14.0. The number of nitrogens with zero attached hydrogens (tertiary/aromatic N) is 1. The van der Waals surface area contributed by atoms with Crippen molar-refractivity contribution in [3.05, 3.63) is 29.0 Å². The van der Waals surface area contributed by atoms with E-state index >= 15 is 0 Å². The first-order valence-corrected chi connectivity index (χ1v) is 7.18. The smallest absolute Gasteiger partial charge is 0.146 e. The van der Waals surface area contributed by atoms with Crippen LogP contribution in [-0.4, -0.2) is 25.2 Å². The largest absolute Gasteiger partial charge is 0.369 e. The Morgan fingerprint density at radius 1 is 1.42 bits per heavy atom. The Kier molecular flexibility index (Phi) is 4.36. The lowest BCUT2D eigenvalue weighted by atomic mass is 10.1. The first kappa shape index (κ1) is 14.6. The summed E-state index contributed by atoms with van der Waals surface area (Å²) >= 11 is 5.95. The van der Waals surface area contributed by atoms with Crippen LogP contribution in [0.15, 0.2) is 18.2 Å². The summed E-state index contributed by atoms with van der Waals surface area (Å²) < 4.78 is 13.8. The van der Waals surface area contributed by atoms with E-state index in [4.69, 9.17) is 11.6 Å². The summed E-state index contributed by atoms with van der Waals surface area (Å²) in [5.41, 5.74) is 0.764. The van der Waals surface area contributed by atoms with E-state index in [0.717, 1.165) is 26.1 Å². The molecule has 4 heteroatoms. The zero-order valence-corrected chi connectivity index (χ0v) is 12.6. The van der Waals surface area contributed by atoms with E-state index in [-0.39, 0.29) is 11.4 Å². The average molecular weight is 285 g/mol. The molecule has 19 heavy (non-hydrogen) atoms. The lowest BCUT2D eigenvalue weighted by Gasteiger charge is -2.24. The SMILES string of the molecule is CC(C)(C)NCC1CCN(c2cc(Cl)ccc2F)C1. The molecule has 0 aliphatic carbocycles. The molecule has 2 nitrogen and oxygen atoms in total. The van der Waals surface area contributed by atoms with Gasteiger partial charge in [-0.3, -0.25) is 0 Å². The van der Waals surface area contributed by atoms with Crippen LogP contribution in [0.25, 0.3) is 0 Å². The Balaban J connectivity index is 1.96. The van der Waals surface area contributed by atoms with Crippen LogP contribution in [0.3, 0.4) is 0 Å². The summed E-state index contributed by atoms with van der Waals surface area (Å²) in [6.07, 6.45) is 1.09. The predicted octanol–water partition coefficient (Wildman–Crippen LogP) is 3.69. The molecule has 0 amide bonds. The van der Waals surface area contributed by atoms with Gasteiger partial charge >= 0.3 is 0 Å². The van der Waals surface area contributed by atoms with Gasteiger partial charge in [0, 0.05) is 30.2 Å². The van der Waals surface area contributed by atoms with Gasteiger partial charge in [0.05, 0.1) is 5.69 Å². The monoisotopic (exact) mass is 284 g/mol. The van der Waals surface area contributed by atoms with Crippen LogP contribution in [0, 0.1) is 11.7 Å². The van der Waals surface area contributed by atoms with Crippen molar-refractivity contribution in [2.75, 3.05) is 24.5 Å². The highest BCUT2D eigenvalue weighted by molar-refractivity contribution is 6.30. The molecule has 0 radical (unpaired) electrons. The van der Waals surface area contributed by atoms with Crippen molar-refractivity contribution in [1.29, 1.82) is 0 Å². The van der Waals surface area contributed by atoms with Gasteiger partial charge in [-0.15, -0.1) is 0 Å². The number of benzene rings is 1. The molecule has 1 aromatic rings. The molecule has 0 aromatic heterocycles. The lowest BCUT2D eigenvalue weighted by Crippen LogP contribution is -2.39. The van der Waals surface area contributed by atoms with E-state index in [1.807, 2.05) is 0 Å². The van der Waals surface area contributed by atoms with Gasteiger partial charge < -0.3 is 10.2 Å². The van der Waals surface area contributed by atoms with Gasteiger partial charge in [0.25, 0.3) is 0 Å². The van der Waals surface area contributed by atoms with Crippen molar-refractivity contribution in [2.24, 2.45) is 5.92 Å². The normalized spacial score (nSPS) is 20.1. The minimum atomic E-state index is -0.186. The van der Waals surface area contributed by atoms with E-state index in [0.29, 0.717) is 16.6 Å². The minimum Gasteiger partial charge on any atom is -0.369 e. The summed E-state index contributed by atoms with van der Waals surface area (Å²) in [5, 5.41) is 4.11. The number of hydrogen-bond donors (Lipinski definition) is 1. The molecule has 1 unspecified atom stereocenters. The number of nitrogens with one attached hydrogen (secondary N) is 1. The van der Waals surface area contributed by atoms with Crippen molar-refractivity contribution >= 4 is 17.3 Å². The van der Waals surface area contributed by atoms with Gasteiger partial charge in [0.1, 0.15) is 5.82 Å². The predicted molar refractivity (Wildman–Crippen MR) is 79.5 cm³/mol. The Labute approximate surface area is 119 Å². The molecule has 1 aliphatic heterocycles. The van der Waals surface area contributed by atoms with Crippen LogP contribution in [0.2, 0.25) is 5.02 Å². The van der Waals surface area contributed by atoms with E-state index in [1.165, 1.54) is 6.07 Å². The molecule has 0 spiro atoms. The summed E-state index contributed by atoms with van der Waals surface area (Å²) in [6.45, 7) is 9.25. The molecule has 1 fully saturated rings. The third-order valence-corrected chi connectivity index (χ3v) is 3.69. The highest BCUT2D eigenvalue weighted by atomic mass is 35.5. The molecular formula is C15H22ClFN2. The fraction of sp³-hybridized carbons (Fsp3) is 0.600. The van der Waals surface area contributed by atoms with Crippen molar-refractivity contribution in [1.82, 2.24) is 5.32 Å². The Bertz CT molecular complexity index is 442. The van der Waals surface area contributed by atoms with Gasteiger partial charge in [-0.1, -0.05) is 11.6 Å². The second-order valence-electron chi connectivity index (χ2n) is 6.33. The number of hydrogen-bond acceptors (Lipinski definition) is 2. The number of rotatable bonds is 3. The van der Waals surface area contributed by atoms with Gasteiger partial charge in [-0.2, -0.15) is 0 Å². The van der Waals surface area contributed by atoms with Crippen LogP contribution < -0.4 is 10.2 Å². The number of halogens is 2. The maximum absolute atomic E-state index is 13.8. The van der Waals surface area contributed by atoms with Gasteiger partial charge in [0.2, 0.25) is 0 Å². The van der Waals surface area contributed by atoms with Crippen LogP contribution in [0.5, 0.6) is 0 Å². The minimum absolute atomic E-state index is 0.134. The first-order valence-electron chi connectivity index (χ1n) is 6.80. The third-order valence-electron chi connectivity index (χ3n) is 3.46. The maximum atomic E-state index is 13.8. The molecule has 1 aliphatic rings. The summed E-state index contributed by atoms with van der Waals surface area (Å²) in [4.78, 5) is 2.09. The second-order valence-corrected chi connectivity index (χ2v) is 6.76. The van der Waals surface area contributed by atoms with E-state index < -0.39 is 0 Å². The highest BCUT2D eigenvalue weighted by Gasteiger charge is 2.25. The molecule has 2 rings (SSSR count). The molecule has 0 bridgehead atoms. The summed E-state index contributed by atoms with van der Waals surface area (Å²) in [7, 11) is 0. The molecule has 1 N–H and O–H groups in total. The average Bonchev–Trinajstić information content (AvgIpc) is 2.77. The Hall–Kier alpha value is -0.800. The topological polar surface area (TPSA) is 15.3 Å². The third kappa shape index (κ3) is 4.08. The fourth-order valence-corrected chi connectivity index (χ4v) is 2.56. The second kappa shape index (κ2) is 5.68. The highest BCUT2D eigenvalue weighted by Crippen LogP contribution is 2.28. The maximum Gasteiger partial charge on any atom is 0.146 e. The van der Waals surface area contributed by atoms with Crippen molar-refractivity contribution in [3.63, 3.8) is 0 Å². The van der Waals surface area contributed by atoms with Crippen molar-refractivity contribution < 1.29 is 4.39 Å². The standard InChI is InChI=1S/C15H22ClFN2/c1-15(2,3)18-9-11-6-7-19(10-11)14-8-12(16)4-5-13(14)17/h4-5,8,11,18H,6-7,9-10H2,1-3H3. The Morgan fingerprint density at radius 2 is 2.16 bits per heavy atom. The van der Waals surface area contributed by atoms with Gasteiger partial charge in [-0.25, -0.2) is 4.39 Å². The van der Waals surface area contributed by atoms with Crippen LogP contribution in [0.1, 0.15) is 27.2 Å². The van der Waals surface area contributed by atoms with Crippen molar-refractivity contribution in [2.45, 2.75) is 32.7 Å². The van der Waals surface area contributed by atoms with Gasteiger partial charge in [-0.05, 0) is 51.3 Å². The van der Waals surface area contributed by atoms with Crippen LogP contribution in [0.4, 0.5) is 10.1 Å². The molecule has 1 saturated heterocycles. The summed E-state index contributed by atoms with van der Waals surface area (Å²) in [5.74, 6) is 0.381. The molecule has 0 saturated carbocycles. The molecule has 1 heterocycles. The molecule has 1 aromatic carbocycles. The van der Waals surface area contributed by atoms with E-state index in [1.54, 1.807) is 12.1 Å². The van der Waals surface area contributed by atoms with Crippen molar-refractivity contribution in [3.8, 4) is 0 Å². The zero-order valence-electron chi connectivity index (χ0n) is 11.8. The first-order chi connectivity index (χ1) is 8.85.